The molecule has 0 heterocycles. The predicted molar refractivity (Wildman–Crippen MR) is 62.4 cm³/mol. The molecular weight excluding hydrogens is 180 g/mol. The highest BCUT2D eigenvalue weighted by molar-refractivity contribution is 5.33. The molecule has 0 unspecified atom stereocenters. The lowest BCUT2D eigenvalue weighted by Crippen LogP contribution is -2.37. The van der Waals surface area contributed by atoms with Crippen molar-refractivity contribution >= 4 is 0 Å². The second-order valence-corrected chi connectivity index (χ2v) is 7.70. The molecule has 0 spiro atoms. The Labute approximate surface area is 93.8 Å². The van der Waals surface area contributed by atoms with E-state index in [1.165, 1.54) is 6.42 Å². The topological polar surface area (TPSA) is 0 Å². The summed E-state index contributed by atoms with van der Waals surface area (Å²) in [6, 6.07) is 0. The van der Waals surface area contributed by atoms with Gasteiger partial charge in [0.2, 0.25) is 0 Å². The van der Waals surface area contributed by atoms with Gasteiger partial charge in [0, 0.05) is 0 Å². The van der Waals surface area contributed by atoms with Crippen LogP contribution in [0.5, 0.6) is 0 Å². The van der Waals surface area contributed by atoms with Crippen molar-refractivity contribution in [1.29, 1.82) is 0 Å². The molecule has 0 nitrogen and oxygen atoms in total. The van der Waals surface area contributed by atoms with Gasteiger partial charge in [-0.25, -0.2) is 0 Å². The predicted octanol–water partition coefficient (Wildman–Crippen LogP) is 3.96. The molecule has 7 atom stereocenters. The summed E-state index contributed by atoms with van der Waals surface area (Å²) < 4.78 is 0. The first-order valence-electron chi connectivity index (χ1n) is 7.02. The summed E-state index contributed by atoms with van der Waals surface area (Å²) in [5.74, 6) is 6.57. The first kappa shape index (κ1) is 9.07. The molecule has 0 saturated heterocycles. The lowest BCUT2D eigenvalue weighted by Gasteiger charge is -2.44. The van der Waals surface area contributed by atoms with Crippen molar-refractivity contribution in [2.45, 2.75) is 47.0 Å². The molecule has 5 fully saturated rings. The molecule has 0 heteroatoms. The van der Waals surface area contributed by atoms with Gasteiger partial charge in [-0.2, -0.15) is 0 Å². The fourth-order valence-corrected chi connectivity index (χ4v) is 6.72. The van der Waals surface area contributed by atoms with Gasteiger partial charge >= 0.3 is 0 Å². The molecule has 5 aliphatic rings. The quantitative estimate of drug-likeness (QED) is 0.606. The molecule has 5 aliphatic carbocycles. The highest BCUT2D eigenvalue weighted by Gasteiger charge is 2.86. The Balaban J connectivity index is 1.80. The summed E-state index contributed by atoms with van der Waals surface area (Å²) in [7, 11) is 0. The average molecular weight is 204 g/mol. The zero-order valence-corrected chi connectivity index (χ0v) is 10.6. The maximum atomic E-state index is 2.63. The fourth-order valence-electron chi connectivity index (χ4n) is 6.72. The minimum absolute atomic E-state index is 0.762. The molecule has 0 aromatic heterocycles. The van der Waals surface area contributed by atoms with Crippen molar-refractivity contribution in [3.8, 4) is 0 Å². The van der Waals surface area contributed by atoms with Crippen molar-refractivity contribution in [3.05, 3.63) is 0 Å². The van der Waals surface area contributed by atoms with Crippen LogP contribution >= 0.6 is 0 Å². The number of hydrogen-bond acceptors (Lipinski definition) is 0. The van der Waals surface area contributed by atoms with Gasteiger partial charge in [-0.05, 0) is 65.6 Å². The SMILES string of the molecule is CC(C)[C@H]1CC[C@]2(C)[C@H]3C[C@@H]4[C@H]([C@@H]13)[C@@]42C. The van der Waals surface area contributed by atoms with E-state index in [2.05, 4.69) is 27.7 Å². The molecule has 0 aliphatic heterocycles. The third kappa shape index (κ3) is 0.666. The fraction of sp³-hybridized carbons (Fsp3) is 1.00. The molecule has 6 bridgehead atoms. The van der Waals surface area contributed by atoms with E-state index in [1.807, 2.05) is 0 Å². The second-order valence-electron chi connectivity index (χ2n) is 7.70. The molecule has 0 aromatic carbocycles. The first-order valence-corrected chi connectivity index (χ1v) is 7.02. The molecule has 0 aromatic rings. The first-order chi connectivity index (χ1) is 7.02. The molecule has 0 N–H and O–H groups in total. The maximum absolute atomic E-state index is 2.63. The largest absolute Gasteiger partial charge is 0.0625 e. The van der Waals surface area contributed by atoms with Gasteiger partial charge in [-0.1, -0.05) is 27.7 Å². The molecule has 84 valence electrons. The Hall–Kier alpha value is 0. The Morgan fingerprint density at radius 3 is 2.47 bits per heavy atom. The van der Waals surface area contributed by atoms with Crippen molar-refractivity contribution in [1.82, 2.24) is 0 Å². The van der Waals surface area contributed by atoms with Gasteiger partial charge in [0.25, 0.3) is 0 Å². The van der Waals surface area contributed by atoms with Crippen molar-refractivity contribution in [2.24, 2.45) is 46.3 Å². The summed E-state index contributed by atoms with van der Waals surface area (Å²) in [6.07, 6.45) is 4.68. The van der Waals surface area contributed by atoms with Gasteiger partial charge in [0.05, 0.1) is 0 Å². The summed E-state index contributed by atoms with van der Waals surface area (Å²) in [5, 5.41) is 0. The minimum atomic E-state index is 0.762. The monoisotopic (exact) mass is 204 g/mol. The lowest BCUT2D eigenvalue weighted by atomic mass is 9.61. The second kappa shape index (κ2) is 2.17. The summed E-state index contributed by atoms with van der Waals surface area (Å²) >= 11 is 0. The Morgan fingerprint density at radius 1 is 1.13 bits per heavy atom. The third-order valence-electron chi connectivity index (χ3n) is 7.57. The average Bonchev–Trinajstić information content (AvgIpc) is 2.49. The summed E-state index contributed by atoms with van der Waals surface area (Å²) in [5.41, 5.74) is 1.56. The highest BCUT2D eigenvalue weighted by atomic mass is 14.9. The number of hydrogen-bond donors (Lipinski definition) is 0. The Bertz CT molecular complexity index is 329. The van der Waals surface area contributed by atoms with Gasteiger partial charge in [-0.3, -0.25) is 0 Å². The van der Waals surface area contributed by atoms with E-state index in [0.29, 0.717) is 0 Å². The van der Waals surface area contributed by atoms with Crippen molar-refractivity contribution < 1.29 is 0 Å². The van der Waals surface area contributed by atoms with Crippen molar-refractivity contribution in [3.63, 3.8) is 0 Å². The van der Waals surface area contributed by atoms with E-state index in [1.54, 1.807) is 12.8 Å². The molecule has 0 radical (unpaired) electrons. The van der Waals surface area contributed by atoms with Gasteiger partial charge < -0.3 is 0 Å². The van der Waals surface area contributed by atoms with E-state index in [4.69, 9.17) is 0 Å². The molecule has 5 rings (SSSR count). The van der Waals surface area contributed by atoms with Crippen LogP contribution in [0.1, 0.15) is 47.0 Å². The van der Waals surface area contributed by atoms with E-state index in [-0.39, 0.29) is 0 Å². The smallest absolute Gasteiger partial charge is 0.0204 e. The lowest BCUT2D eigenvalue weighted by molar-refractivity contribution is 0.0483. The van der Waals surface area contributed by atoms with Gasteiger partial charge in [-0.15, -0.1) is 0 Å². The van der Waals surface area contributed by atoms with Crippen LogP contribution in [0.2, 0.25) is 0 Å². The van der Waals surface area contributed by atoms with E-state index in [9.17, 15) is 0 Å². The van der Waals surface area contributed by atoms with Crippen LogP contribution in [0.4, 0.5) is 0 Å². The standard InChI is InChI=1S/C15H24/c1-8(2)9-5-6-14(3)10-7-11-13(12(9)10)15(11,14)4/h8-13H,5-7H2,1-4H3/t9-,10+,11-,12+,13-,14-,15-/m1/s1. The van der Waals surface area contributed by atoms with Gasteiger partial charge in [0.15, 0.2) is 0 Å². The normalized spacial score (nSPS) is 69.0. The van der Waals surface area contributed by atoms with Crippen LogP contribution in [-0.4, -0.2) is 0 Å². The van der Waals surface area contributed by atoms with E-state index in [0.717, 1.165) is 46.3 Å². The van der Waals surface area contributed by atoms with E-state index < -0.39 is 0 Å². The Kier molecular flexibility index (Phi) is 1.31. The summed E-state index contributed by atoms with van der Waals surface area (Å²) in [4.78, 5) is 0. The molecule has 5 saturated carbocycles. The van der Waals surface area contributed by atoms with Crippen LogP contribution in [0.25, 0.3) is 0 Å². The van der Waals surface area contributed by atoms with Crippen LogP contribution < -0.4 is 0 Å². The maximum Gasteiger partial charge on any atom is -0.0204 e. The highest BCUT2D eigenvalue weighted by Crippen LogP contribution is 2.91. The minimum Gasteiger partial charge on any atom is -0.0625 e. The Morgan fingerprint density at radius 2 is 1.87 bits per heavy atom. The molecule has 0 amide bonds. The zero-order chi connectivity index (χ0) is 10.6. The van der Waals surface area contributed by atoms with Crippen LogP contribution in [-0.2, 0) is 0 Å². The number of rotatable bonds is 1. The zero-order valence-electron chi connectivity index (χ0n) is 10.6. The van der Waals surface area contributed by atoms with Crippen LogP contribution in [0.3, 0.4) is 0 Å². The van der Waals surface area contributed by atoms with Crippen LogP contribution in [0.15, 0.2) is 0 Å². The van der Waals surface area contributed by atoms with Gasteiger partial charge in [0.1, 0.15) is 0 Å². The summed E-state index contributed by atoms with van der Waals surface area (Å²) in [6.45, 7) is 10.2. The van der Waals surface area contributed by atoms with Crippen LogP contribution in [0, 0.1) is 46.3 Å². The van der Waals surface area contributed by atoms with E-state index >= 15 is 0 Å². The molecular formula is C15H24. The third-order valence-corrected chi connectivity index (χ3v) is 7.57. The van der Waals surface area contributed by atoms with Crippen molar-refractivity contribution in [2.75, 3.05) is 0 Å². The molecule has 15 heavy (non-hydrogen) atoms.